The van der Waals surface area contributed by atoms with Crippen LogP contribution in [0.15, 0.2) is 195 Å². The van der Waals surface area contributed by atoms with Crippen molar-refractivity contribution in [3.8, 4) is 27.9 Å². The van der Waals surface area contributed by atoms with Gasteiger partial charge >= 0.3 is 0 Å². The Hall–Kier alpha value is -7.17. The first-order valence-corrected chi connectivity index (χ1v) is 20.5. The first kappa shape index (κ1) is 35.0. The van der Waals surface area contributed by atoms with Crippen molar-refractivity contribution in [2.24, 2.45) is 0 Å². The van der Waals surface area contributed by atoms with Crippen LogP contribution in [-0.4, -0.2) is 9.55 Å². The molecule has 284 valence electrons. The molecule has 59 heavy (non-hydrogen) atoms. The van der Waals surface area contributed by atoms with E-state index in [1.807, 2.05) is 12.4 Å². The first-order valence-electron chi connectivity index (χ1n) is 20.5. The molecule has 0 fully saturated rings. The van der Waals surface area contributed by atoms with Crippen molar-refractivity contribution in [2.45, 2.75) is 38.5 Å². The Morgan fingerprint density at radius 3 is 1.32 bits per heavy atom. The van der Waals surface area contributed by atoms with Gasteiger partial charge in [0.15, 0.2) is 0 Å². The van der Waals surface area contributed by atoms with Gasteiger partial charge in [-0.3, -0.25) is 4.98 Å². The summed E-state index contributed by atoms with van der Waals surface area (Å²) >= 11 is 0. The SMILES string of the molecule is CC1(C)c2ccccc2N(c2cc(-c3ccc(-c4cncc5ccn(-c6ccccc6)c45)cc3)cc(N3c4ccccc4C(C)(C)c4ccccc43)c2)c2ccccc21. The number of rotatable bonds is 5. The van der Waals surface area contributed by atoms with E-state index in [4.69, 9.17) is 0 Å². The highest BCUT2D eigenvalue weighted by atomic mass is 15.2. The summed E-state index contributed by atoms with van der Waals surface area (Å²) in [6.45, 7) is 9.39. The molecule has 0 atom stereocenters. The number of hydrogen-bond donors (Lipinski definition) is 0. The maximum atomic E-state index is 4.67. The van der Waals surface area contributed by atoms with E-state index in [0.29, 0.717) is 0 Å². The van der Waals surface area contributed by atoms with Gasteiger partial charge in [-0.15, -0.1) is 0 Å². The van der Waals surface area contributed by atoms with Crippen molar-refractivity contribution in [1.29, 1.82) is 0 Å². The fraction of sp³-hybridized carbons (Fsp3) is 0.109. The van der Waals surface area contributed by atoms with Gasteiger partial charge in [-0.05, 0) is 99.6 Å². The van der Waals surface area contributed by atoms with E-state index in [-0.39, 0.29) is 10.8 Å². The zero-order valence-electron chi connectivity index (χ0n) is 33.8. The molecular formula is C55H44N4. The lowest BCUT2D eigenvalue weighted by Gasteiger charge is -2.43. The lowest BCUT2D eigenvalue weighted by Crippen LogP contribution is -2.31. The number of hydrogen-bond acceptors (Lipinski definition) is 3. The molecule has 11 rings (SSSR count). The van der Waals surface area contributed by atoms with Crippen LogP contribution in [0.25, 0.3) is 38.8 Å². The van der Waals surface area contributed by atoms with E-state index < -0.39 is 0 Å². The fourth-order valence-electron chi connectivity index (χ4n) is 9.86. The third-order valence-electron chi connectivity index (χ3n) is 12.8. The lowest BCUT2D eigenvalue weighted by atomic mass is 9.73. The topological polar surface area (TPSA) is 24.3 Å². The third-order valence-corrected chi connectivity index (χ3v) is 12.8. The Bertz CT molecular complexity index is 2840. The molecule has 0 N–H and O–H groups in total. The van der Waals surface area contributed by atoms with Crippen molar-refractivity contribution >= 4 is 45.0 Å². The second-order valence-corrected chi connectivity index (χ2v) is 17.0. The summed E-state index contributed by atoms with van der Waals surface area (Å²) in [5.41, 5.74) is 18.8. The van der Waals surface area contributed by atoms with Crippen LogP contribution in [0.5, 0.6) is 0 Å². The molecule has 4 heterocycles. The van der Waals surface area contributed by atoms with Crippen molar-refractivity contribution < 1.29 is 0 Å². The fourth-order valence-corrected chi connectivity index (χ4v) is 9.86. The van der Waals surface area contributed by atoms with E-state index >= 15 is 0 Å². The molecule has 7 aromatic carbocycles. The Balaban J connectivity index is 1.12. The highest BCUT2D eigenvalue weighted by Gasteiger charge is 2.39. The van der Waals surface area contributed by atoms with Crippen molar-refractivity contribution in [2.75, 3.05) is 9.80 Å². The molecule has 0 saturated carbocycles. The standard InChI is InChI=1S/C55H44N4/c1-54(2)45-18-8-12-22-49(45)58(50-23-13-9-19-46(50)54)42-32-40(33-43(34-42)59-51-24-14-10-20-47(51)55(3,4)48-21-11-15-25-52(48)59)37-26-28-38(29-27-37)44-36-56-35-39-30-31-57(53(39)44)41-16-6-5-7-17-41/h5-36H,1-4H3. The average Bonchev–Trinajstić information content (AvgIpc) is 3.72. The van der Waals surface area contributed by atoms with Crippen LogP contribution < -0.4 is 9.80 Å². The number of para-hydroxylation sites is 5. The molecule has 2 aromatic heterocycles. The minimum Gasteiger partial charge on any atom is -0.316 e. The van der Waals surface area contributed by atoms with Gasteiger partial charge in [0, 0.05) is 57.4 Å². The average molecular weight is 761 g/mol. The molecule has 0 bridgehead atoms. The molecule has 0 aliphatic carbocycles. The molecule has 0 spiro atoms. The van der Waals surface area contributed by atoms with E-state index in [9.17, 15) is 0 Å². The van der Waals surface area contributed by atoms with E-state index in [1.165, 1.54) is 45.0 Å². The van der Waals surface area contributed by atoms with Gasteiger partial charge in [0.1, 0.15) is 0 Å². The van der Waals surface area contributed by atoms with E-state index in [1.54, 1.807) is 0 Å². The summed E-state index contributed by atoms with van der Waals surface area (Å²) in [5.74, 6) is 0. The maximum absolute atomic E-state index is 4.67. The molecule has 4 heteroatoms. The number of pyridine rings is 1. The largest absolute Gasteiger partial charge is 0.316 e. The predicted octanol–water partition coefficient (Wildman–Crippen LogP) is 14.6. The molecule has 2 aliphatic heterocycles. The predicted molar refractivity (Wildman–Crippen MR) is 246 cm³/mol. The molecule has 0 amide bonds. The van der Waals surface area contributed by atoms with E-state index in [0.717, 1.165) is 50.2 Å². The van der Waals surface area contributed by atoms with Crippen molar-refractivity contribution in [3.05, 3.63) is 217 Å². The maximum Gasteiger partial charge on any atom is 0.0637 e. The molecule has 2 aliphatic rings. The van der Waals surface area contributed by atoms with Crippen LogP contribution in [0.2, 0.25) is 0 Å². The van der Waals surface area contributed by atoms with Crippen LogP contribution in [0.1, 0.15) is 49.9 Å². The van der Waals surface area contributed by atoms with Crippen molar-refractivity contribution in [3.63, 3.8) is 0 Å². The monoisotopic (exact) mass is 760 g/mol. The van der Waals surface area contributed by atoms with Crippen LogP contribution in [0.4, 0.5) is 34.1 Å². The number of fused-ring (bicyclic) bond motifs is 5. The summed E-state index contributed by atoms with van der Waals surface area (Å²) in [4.78, 5) is 9.63. The highest BCUT2D eigenvalue weighted by molar-refractivity contribution is 5.96. The summed E-state index contributed by atoms with van der Waals surface area (Å²) in [7, 11) is 0. The lowest BCUT2D eigenvalue weighted by molar-refractivity contribution is 0.631. The second kappa shape index (κ2) is 13.2. The molecule has 0 unspecified atom stereocenters. The zero-order valence-corrected chi connectivity index (χ0v) is 33.8. The Labute approximate surface area is 346 Å². The second-order valence-electron chi connectivity index (χ2n) is 17.0. The van der Waals surface area contributed by atoms with Gasteiger partial charge in [-0.1, -0.05) is 143 Å². The molecule has 9 aromatic rings. The van der Waals surface area contributed by atoms with Crippen molar-refractivity contribution in [1.82, 2.24) is 9.55 Å². The summed E-state index contributed by atoms with van der Waals surface area (Å²) in [6.07, 6.45) is 6.09. The van der Waals surface area contributed by atoms with Gasteiger partial charge in [0.2, 0.25) is 0 Å². The molecule has 0 radical (unpaired) electrons. The summed E-state index contributed by atoms with van der Waals surface area (Å²) in [6, 6.07) is 64.5. The quantitative estimate of drug-likeness (QED) is 0.175. The smallest absolute Gasteiger partial charge is 0.0637 e. The molecule has 4 nitrogen and oxygen atoms in total. The van der Waals surface area contributed by atoms with Gasteiger partial charge in [0.25, 0.3) is 0 Å². The number of aromatic nitrogens is 2. The first-order chi connectivity index (χ1) is 28.8. The normalized spacial score (nSPS) is 14.6. The highest BCUT2D eigenvalue weighted by Crippen LogP contribution is 2.55. The minimum atomic E-state index is -0.158. The van der Waals surface area contributed by atoms with Gasteiger partial charge in [-0.25, -0.2) is 0 Å². The van der Waals surface area contributed by atoms with Gasteiger partial charge in [0.05, 0.1) is 28.3 Å². The third kappa shape index (κ3) is 5.40. The summed E-state index contributed by atoms with van der Waals surface area (Å²) < 4.78 is 2.27. The van der Waals surface area contributed by atoms with Gasteiger partial charge < -0.3 is 14.4 Å². The molecule has 0 saturated heterocycles. The minimum absolute atomic E-state index is 0.158. The Morgan fingerprint density at radius 1 is 0.390 bits per heavy atom. The van der Waals surface area contributed by atoms with Crippen LogP contribution in [0, 0.1) is 0 Å². The number of anilines is 6. The number of benzene rings is 7. The Kier molecular flexibility index (Phi) is 7.83. The molecular weight excluding hydrogens is 717 g/mol. The summed E-state index contributed by atoms with van der Waals surface area (Å²) in [5, 5.41) is 1.11. The van der Waals surface area contributed by atoms with E-state index in [2.05, 4.69) is 229 Å². The number of nitrogens with zero attached hydrogens (tertiary/aromatic N) is 4. The van der Waals surface area contributed by atoms with Crippen LogP contribution in [-0.2, 0) is 10.8 Å². The Morgan fingerprint density at radius 2 is 0.831 bits per heavy atom. The zero-order chi connectivity index (χ0) is 39.9. The van der Waals surface area contributed by atoms with Gasteiger partial charge in [-0.2, -0.15) is 0 Å². The van der Waals surface area contributed by atoms with Crippen LogP contribution in [0.3, 0.4) is 0 Å². The van der Waals surface area contributed by atoms with Crippen LogP contribution >= 0.6 is 0 Å².